The van der Waals surface area contributed by atoms with E-state index < -0.39 is 47.0 Å². The number of nitrogens with two attached hydrogens (primary N) is 1. The summed E-state index contributed by atoms with van der Waals surface area (Å²) in [7, 11) is 0. The number of amides is 4. The van der Waals surface area contributed by atoms with Crippen molar-refractivity contribution in [3.8, 4) is 5.75 Å². The van der Waals surface area contributed by atoms with Crippen LogP contribution < -0.4 is 21.1 Å². The molecule has 1 aromatic heterocycles. The molecule has 0 spiro atoms. The lowest BCUT2D eigenvalue weighted by molar-refractivity contribution is -0.275. The summed E-state index contributed by atoms with van der Waals surface area (Å²) in [4.78, 5) is 38.6. The predicted molar refractivity (Wildman–Crippen MR) is 121 cm³/mol. The van der Waals surface area contributed by atoms with Crippen LogP contribution in [0.25, 0.3) is 10.9 Å². The Kier molecular flexibility index (Phi) is 6.47. The monoisotopic (exact) mass is 511 g/mol. The molecule has 0 saturated carbocycles. The Balaban J connectivity index is 1.51. The van der Waals surface area contributed by atoms with Crippen molar-refractivity contribution >= 4 is 52.0 Å². The highest BCUT2D eigenvalue weighted by molar-refractivity contribution is 8.00. The molecule has 1 saturated heterocycles. The number of para-hydroxylation sites is 1. The van der Waals surface area contributed by atoms with E-state index in [1.54, 1.807) is 24.3 Å². The molecule has 0 aliphatic carbocycles. The lowest BCUT2D eigenvalue weighted by Crippen LogP contribution is -2.44. The van der Waals surface area contributed by atoms with Gasteiger partial charge in [-0.1, -0.05) is 24.3 Å². The molecule has 4 rings (SSSR count). The van der Waals surface area contributed by atoms with Crippen LogP contribution in [0, 0.1) is 5.82 Å². The van der Waals surface area contributed by atoms with E-state index in [0.29, 0.717) is 16.7 Å². The summed E-state index contributed by atoms with van der Waals surface area (Å²) >= 11 is 1.09. The van der Waals surface area contributed by atoms with E-state index >= 15 is 0 Å². The molecule has 9 nitrogen and oxygen atoms in total. The zero-order chi connectivity index (χ0) is 25.3. The van der Waals surface area contributed by atoms with Crippen LogP contribution in [0.4, 0.5) is 38.5 Å². The first-order chi connectivity index (χ1) is 16.5. The van der Waals surface area contributed by atoms with Crippen molar-refractivity contribution in [3.63, 3.8) is 0 Å². The van der Waals surface area contributed by atoms with Gasteiger partial charge in [-0.15, -0.1) is 24.9 Å². The van der Waals surface area contributed by atoms with Gasteiger partial charge in [-0.2, -0.15) is 0 Å². The number of alkyl halides is 3. The van der Waals surface area contributed by atoms with Gasteiger partial charge in [0.1, 0.15) is 0 Å². The maximum Gasteiger partial charge on any atom is 0.573 e. The van der Waals surface area contributed by atoms with Gasteiger partial charge < -0.3 is 26.0 Å². The van der Waals surface area contributed by atoms with E-state index in [0.717, 1.165) is 34.5 Å². The molecule has 1 fully saturated rings. The Morgan fingerprint density at radius 2 is 1.80 bits per heavy atom. The van der Waals surface area contributed by atoms with Crippen LogP contribution in [-0.4, -0.2) is 51.5 Å². The number of rotatable bonds is 4. The lowest BCUT2D eigenvalue weighted by atomic mass is 10.2. The maximum absolute atomic E-state index is 14.4. The third-order valence-corrected chi connectivity index (χ3v) is 6.22. The average molecular weight is 511 g/mol. The van der Waals surface area contributed by atoms with Crippen LogP contribution >= 0.6 is 11.8 Å². The fourth-order valence-corrected chi connectivity index (χ4v) is 4.67. The number of thioether (sulfide) groups is 1. The molecule has 0 bridgehead atoms. The van der Waals surface area contributed by atoms with E-state index in [-0.39, 0.29) is 12.2 Å². The zero-order valence-corrected chi connectivity index (χ0v) is 18.5. The molecular formula is C21H17F4N5O4S. The van der Waals surface area contributed by atoms with Crippen molar-refractivity contribution in [3.05, 3.63) is 54.5 Å². The topological polar surface area (TPSA) is 119 Å². The number of carbonyl (C=O) groups is 3. The summed E-state index contributed by atoms with van der Waals surface area (Å²) in [5, 5.41) is 4.30. The number of benzene rings is 2. The van der Waals surface area contributed by atoms with Crippen molar-refractivity contribution in [2.24, 2.45) is 5.73 Å². The molecule has 1 aliphatic rings. The van der Waals surface area contributed by atoms with Gasteiger partial charge in [0.15, 0.2) is 16.9 Å². The van der Waals surface area contributed by atoms with E-state index in [1.807, 2.05) is 0 Å². The fraction of sp³-hybridized carbons (Fsp3) is 0.190. The standard InChI is InChI=1S/C21H17F4N5O4S/c22-16-12(5-3-7-15(16)34-21(23,24)25)27-17(31)18-29(8-9-35-18)20(33)28-13-10-30(19(26)32)14-6-2-1-4-11(13)14/h1-7,10,18H,8-9H2,(H2,26,32)(H,27,31)(H,28,33)/t18-/m0/s1. The maximum atomic E-state index is 14.4. The van der Waals surface area contributed by atoms with Gasteiger partial charge in [0.2, 0.25) is 0 Å². The fourth-order valence-electron chi connectivity index (χ4n) is 3.55. The number of primary amides is 1. The van der Waals surface area contributed by atoms with Crippen molar-refractivity contribution in [1.82, 2.24) is 9.47 Å². The number of nitrogens with one attached hydrogen (secondary N) is 2. The first-order valence-electron chi connectivity index (χ1n) is 9.99. The van der Waals surface area contributed by atoms with Crippen LogP contribution in [0.1, 0.15) is 0 Å². The molecule has 0 unspecified atom stereocenters. The average Bonchev–Trinajstić information content (AvgIpc) is 3.41. The number of hydrogen-bond acceptors (Lipinski definition) is 5. The number of ether oxygens (including phenoxy) is 1. The quantitative estimate of drug-likeness (QED) is 0.455. The lowest BCUT2D eigenvalue weighted by Gasteiger charge is -2.23. The number of fused-ring (bicyclic) bond motifs is 1. The number of aromatic nitrogens is 1. The summed E-state index contributed by atoms with van der Waals surface area (Å²) in [6.07, 6.45) is -3.76. The number of nitrogens with zero attached hydrogens (tertiary/aromatic N) is 2. The Hall–Kier alpha value is -3.94. The van der Waals surface area contributed by atoms with Crippen LogP contribution in [0.3, 0.4) is 0 Å². The molecule has 3 aromatic rings. The summed E-state index contributed by atoms with van der Waals surface area (Å²) in [6, 6.07) is 8.21. The summed E-state index contributed by atoms with van der Waals surface area (Å²) in [5.74, 6) is -2.94. The number of hydrogen-bond donors (Lipinski definition) is 3. The number of carbonyl (C=O) groups excluding carboxylic acids is 3. The van der Waals surface area contributed by atoms with E-state index in [1.165, 1.54) is 11.1 Å². The van der Waals surface area contributed by atoms with Gasteiger partial charge in [0.25, 0.3) is 5.91 Å². The van der Waals surface area contributed by atoms with E-state index in [4.69, 9.17) is 5.73 Å². The second kappa shape index (κ2) is 9.37. The molecule has 4 amide bonds. The van der Waals surface area contributed by atoms with Gasteiger partial charge in [-0.3, -0.25) is 9.36 Å². The van der Waals surface area contributed by atoms with Crippen LogP contribution in [0.2, 0.25) is 0 Å². The first-order valence-corrected chi connectivity index (χ1v) is 11.0. The Bertz CT molecular complexity index is 1310. The molecule has 1 atom stereocenters. The molecule has 2 heterocycles. The van der Waals surface area contributed by atoms with Gasteiger partial charge >= 0.3 is 18.4 Å². The summed E-state index contributed by atoms with van der Waals surface area (Å²) in [5.41, 5.74) is 5.60. The van der Waals surface area contributed by atoms with Crippen LogP contribution in [0.5, 0.6) is 5.75 Å². The van der Waals surface area contributed by atoms with Crippen molar-refractivity contribution in [2.75, 3.05) is 22.9 Å². The SMILES string of the molecule is NC(=O)n1cc(NC(=O)N2CCS[C@H]2C(=O)Nc2cccc(OC(F)(F)F)c2F)c2ccccc21. The van der Waals surface area contributed by atoms with Crippen LogP contribution in [-0.2, 0) is 4.79 Å². The summed E-state index contributed by atoms with van der Waals surface area (Å²) < 4.78 is 56.6. The normalized spacial score (nSPS) is 15.8. The molecule has 184 valence electrons. The Morgan fingerprint density at radius 3 is 2.51 bits per heavy atom. The first kappa shape index (κ1) is 24.2. The second-order valence-corrected chi connectivity index (χ2v) is 8.46. The molecule has 2 aromatic carbocycles. The van der Waals surface area contributed by atoms with E-state index in [9.17, 15) is 31.9 Å². The predicted octanol–water partition coefficient (Wildman–Crippen LogP) is 4.15. The second-order valence-electron chi connectivity index (χ2n) is 7.27. The Labute approximate surface area is 199 Å². The highest BCUT2D eigenvalue weighted by Gasteiger charge is 2.36. The molecule has 4 N–H and O–H groups in total. The number of anilines is 2. The van der Waals surface area contributed by atoms with Gasteiger partial charge in [-0.25, -0.2) is 14.0 Å². The van der Waals surface area contributed by atoms with Crippen molar-refractivity contribution in [2.45, 2.75) is 11.7 Å². The summed E-state index contributed by atoms with van der Waals surface area (Å²) in [6.45, 7) is 0.169. The van der Waals surface area contributed by atoms with Gasteiger partial charge in [0.05, 0.1) is 16.9 Å². The molecule has 35 heavy (non-hydrogen) atoms. The minimum atomic E-state index is -5.11. The minimum Gasteiger partial charge on any atom is -0.403 e. The van der Waals surface area contributed by atoms with Crippen molar-refractivity contribution < 1.29 is 36.7 Å². The van der Waals surface area contributed by atoms with Gasteiger partial charge in [-0.05, 0) is 18.2 Å². The molecule has 1 aliphatic heterocycles. The number of urea groups is 1. The van der Waals surface area contributed by atoms with Crippen LogP contribution in [0.15, 0.2) is 48.7 Å². The van der Waals surface area contributed by atoms with Crippen molar-refractivity contribution in [1.29, 1.82) is 0 Å². The zero-order valence-electron chi connectivity index (χ0n) is 17.6. The van der Waals surface area contributed by atoms with E-state index in [2.05, 4.69) is 15.4 Å². The minimum absolute atomic E-state index is 0.169. The third kappa shape index (κ3) is 5.11. The third-order valence-electron chi connectivity index (χ3n) is 5.01. The molecule has 14 heteroatoms. The molecule has 0 radical (unpaired) electrons. The largest absolute Gasteiger partial charge is 0.573 e. The highest BCUT2D eigenvalue weighted by Crippen LogP contribution is 2.32. The highest BCUT2D eigenvalue weighted by atomic mass is 32.2. The smallest absolute Gasteiger partial charge is 0.403 e. The van der Waals surface area contributed by atoms with Gasteiger partial charge in [0, 0.05) is 23.9 Å². The molecular weight excluding hydrogens is 494 g/mol. The Morgan fingerprint density at radius 1 is 1.06 bits per heavy atom. The number of halogens is 4.